The van der Waals surface area contributed by atoms with E-state index in [-0.39, 0.29) is 34.5 Å². The Morgan fingerprint density at radius 3 is 2.47 bits per heavy atom. The number of ether oxygens (including phenoxy) is 3. The van der Waals surface area contributed by atoms with Crippen molar-refractivity contribution in [3.63, 3.8) is 0 Å². The number of fused-ring (bicyclic) bond motifs is 1. The first-order valence-electron chi connectivity index (χ1n) is 9.15. The summed E-state index contributed by atoms with van der Waals surface area (Å²) in [7, 11) is 1.54. The summed E-state index contributed by atoms with van der Waals surface area (Å²) in [5, 5.41) is 39.8. The van der Waals surface area contributed by atoms with Gasteiger partial charge < -0.3 is 39.1 Å². The fourth-order valence-corrected chi connectivity index (χ4v) is 3.25. The average Bonchev–Trinajstić information content (AvgIpc) is 2.76. The lowest BCUT2D eigenvalue weighted by Crippen LogP contribution is -2.54. The molecule has 0 aliphatic carbocycles. The largest absolute Gasteiger partial charge is 0.504 e. The normalized spacial score (nSPS) is 24.0. The highest BCUT2D eigenvalue weighted by Gasteiger charge is 2.39. The van der Waals surface area contributed by atoms with Crippen LogP contribution in [0.2, 0.25) is 0 Å². The van der Waals surface area contributed by atoms with Crippen molar-refractivity contribution in [1.82, 2.24) is 0 Å². The van der Waals surface area contributed by atoms with E-state index in [9.17, 15) is 25.2 Å². The van der Waals surface area contributed by atoms with Crippen molar-refractivity contribution in [1.29, 1.82) is 0 Å². The maximum Gasteiger partial charge on any atom is 0.229 e. The van der Waals surface area contributed by atoms with E-state index in [1.54, 1.807) is 31.4 Å². The highest BCUT2D eigenvalue weighted by molar-refractivity contribution is 5.88. The minimum absolute atomic E-state index is 0.0475. The van der Waals surface area contributed by atoms with Gasteiger partial charge in [0.15, 0.2) is 11.3 Å². The summed E-state index contributed by atoms with van der Waals surface area (Å²) < 4.78 is 21.4. The Labute approximate surface area is 170 Å². The van der Waals surface area contributed by atoms with Gasteiger partial charge in [-0.05, 0) is 29.8 Å². The Morgan fingerprint density at radius 2 is 1.77 bits per heavy atom. The third kappa shape index (κ3) is 3.48. The molecule has 0 radical (unpaired) electrons. The molecule has 2 heterocycles. The smallest absolute Gasteiger partial charge is 0.229 e. The lowest BCUT2D eigenvalue weighted by Gasteiger charge is -2.34. The molecular weight excluding hydrogens is 396 g/mol. The Balaban J connectivity index is 1.74. The Morgan fingerprint density at radius 1 is 1.03 bits per heavy atom. The molecule has 9 heteroatoms. The predicted molar refractivity (Wildman–Crippen MR) is 105 cm³/mol. The van der Waals surface area contributed by atoms with Gasteiger partial charge in [-0.3, -0.25) is 4.79 Å². The number of aliphatic hydroxyl groups excluding tert-OH is 3. The minimum atomic E-state index is -1.58. The topological polar surface area (TPSA) is 139 Å². The summed E-state index contributed by atoms with van der Waals surface area (Å²) in [6.45, 7) is -0.278. The van der Waals surface area contributed by atoms with E-state index < -0.39 is 24.6 Å². The first-order valence-corrected chi connectivity index (χ1v) is 9.15. The zero-order valence-electron chi connectivity index (χ0n) is 15.9. The number of aromatic hydroxyl groups is 1. The van der Waals surface area contributed by atoms with Crippen LogP contribution in [0, 0.1) is 0 Å². The maximum absolute atomic E-state index is 13.0. The zero-order chi connectivity index (χ0) is 21.4. The first-order chi connectivity index (χ1) is 14.4. The summed E-state index contributed by atoms with van der Waals surface area (Å²) in [5.74, 6) is 0.0701. The molecule has 0 spiro atoms. The first kappa shape index (κ1) is 20.2. The molecule has 30 heavy (non-hydrogen) atoms. The summed E-state index contributed by atoms with van der Waals surface area (Å²) in [6.07, 6.45) is -4.48. The van der Waals surface area contributed by atoms with Gasteiger partial charge in [0, 0.05) is 0 Å². The number of methoxy groups -OCH3 is 1. The lowest BCUT2D eigenvalue weighted by atomic mass is 10.0. The van der Waals surface area contributed by atoms with Crippen LogP contribution in [0.5, 0.6) is 17.2 Å². The van der Waals surface area contributed by atoms with E-state index >= 15 is 0 Å². The van der Waals surface area contributed by atoms with Gasteiger partial charge in [0.2, 0.25) is 17.5 Å². The monoisotopic (exact) mass is 416 g/mol. The van der Waals surface area contributed by atoms with Gasteiger partial charge in [-0.25, -0.2) is 0 Å². The number of phenols is 1. The van der Waals surface area contributed by atoms with Crippen LogP contribution in [0.1, 0.15) is 0 Å². The molecule has 1 fully saturated rings. The molecule has 0 saturated carbocycles. The molecule has 4 unspecified atom stereocenters. The highest BCUT2D eigenvalue weighted by atomic mass is 16.7. The second kappa shape index (κ2) is 7.96. The van der Waals surface area contributed by atoms with Crippen molar-refractivity contribution in [2.24, 2.45) is 0 Å². The van der Waals surface area contributed by atoms with Crippen molar-refractivity contribution in [3.05, 3.63) is 52.9 Å². The molecule has 4 N–H and O–H groups in total. The molecule has 0 amide bonds. The molecule has 4 atom stereocenters. The maximum atomic E-state index is 13.0. The fourth-order valence-electron chi connectivity index (χ4n) is 3.25. The van der Waals surface area contributed by atoms with Crippen molar-refractivity contribution in [2.75, 3.05) is 13.7 Å². The van der Waals surface area contributed by atoms with Crippen molar-refractivity contribution >= 4 is 11.0 Å². The molecule has 1 aromatic heterocycles. The van der Waals surface area contributed by atoms with Crippen LogP contribution in [0.15, 0.2) is 51.9 Å². The van der Waals surface area contributed by atoms with Crippen LogP contribution in [0.3, 0.4) is 0 Å². The third-order valence-corrected chi connectivity index (χ3v) is 4.96. The van der Waals surface area contributed by atoms with E-state index in [1.165, 1.54) is 18.4 Å². The third-order valence-electron chi connectivity index (χ3n) is 4.96. The van der Waals surface area contributed by atoms with E-state index in [4.69, 9.17) is 18.6 Å². The lowest BCUT2D eigenvalue weighted by molar-refractivity contribution is -0.242. The van der Waals surface area contributed by atoms with Crippen LogP contribution in [0.25, 0.3) is 22.1 Å². The highest BCUT2D eigenvalue weighted by Crippen LogP contribution is 2.36. The molecule has 1 saturated heterocycles. The Bertz CT molecular complexity index is 1110. The van der Waals surface area contributed by atoms with E-state index in [0.29, 0.717) is 16.9 Å². The standard InChI is InChI=1S/C21H20O9/c1-27-11-4-2-10(3-5-11)13-8-28-19-12(16(13)24)6-7-14(22)20(19)30-21-18(26)17(25)15(23)9-29-21/h2-8,15,17-18,21-23,25-26H,9H2,1H3. The molecular formula is C21H20O9. The van der Waals surface area contributed by atoms with E-state index in [2.05, 4.69) is 0 Å². The molecule has 2 aromatic carbocycles. The Hall–Kier alpha value is -3.11. The van der Waals surface area contributed by atoms with Gasteiger partial charge in [-0.2, -0.15) is 0 Å². The van der Waals surface area contributed by atoms with Crippen molar-refractivity contribution in [3.8, 4) is 28.4 Å². The zero-order valence-corrected chi connectivity index (χ0v) is 15.9. The van der Waals surface area contributed by atoms with Gasteiger partial charge in [-0.15, -0.1) is 0 Å². The number of benzene rings is 2. The molecule has 9 nitrogen and oxygen atoms in total. The van der Waals surface area contributed by atoms with Crippen LogP contribution >= 0.6 is 0 Å². The van der Waals surface area contributed by atoms with Gasteiger partial charge in [0.25, 0.3) is 0 Å². The van der Waals surface area contributed by atoms with E-state index in [1.807, 2.05) is 0 Å². The number of phenolic OH excluding ortho intramolecular Hbond substituents is 1. The summed E-state index contributed by atoms with van der Waals surface area (Å²) in [5.41, 5.74) is 0.514. The number of aliphatic hydroxyl groups is 3. The Kier molecular flexibility index (Phi) is 5.35. The van der Waals surface area contributed by atoms with Crippen molar-refractivity contribution < 1.29 is 39.1 Å². The number of hydrogen-bond donors (Lipinski definition) is 4. The quantitative estimate of drug-likeness (QED) is 0.490. The van der Waals surface area contributed by atoms with E-state index in [0.717, 1.165) is 0 Å². The number of rotatable bonds is 4. The summed E-state index contributed by atoms with van der Waals surface area (Å²) in [6, 6.07) is 9.51. The average molecular weight is 416 g/mol. The molecule has 0 bridgehead atoms. The summed E-state index contributed by atoms with van der Waals surface area (Å²) in [4.78, 5) is 13.0. The van der Waals surface area contributed by atoms with Gasteiger partial charge in [-0.1, -0.05) is 12.1 Å². The number of hydrogen-bond acceptors (Lipinski definition) is 9. The molecule has 4 rings (SSSR count). The van der Waals surface area contributed by atoms with Crippen molar-refractivity contribution in [2.45, 2.75) is 24.6 Å². The van der Waals surface area contributed by atoms with Gasteiger partial charge in [0.05, 0.1) is 24.7 Å². The minimum Gasteiger partial charge on any atom is -0.504 e. The predicted octanol–water partition coefficient (Wildman–Crippen LogP) is 0.992. The molecule has 1 aliphatic rings. The summed E-state index contributed by atoms with van der Waals surface area (Å²) >= 11 is 0. The van der Waals surface area contributed by atoms with Crippen LogP contribution in [-0.2, 0) is 4.74 Å². The molecule has 1 aliphatic heterocycles. The fraction of sp³-hybridized carbons (Fsp3) is 0.286. The second-order valence-corrected chi connectivity index (χ2v) is 6.87. The second-order valence-electron chi connectivity index (χ2n) is 6.87. The van der Waals surface area contributed by atoms with Crippen LogP contribution < -0.4 is 14.9 Å². The van der Waals surface area contributed by atoms with Gasteiger partial charge >= 0.3 is 0 Å². The van der Waals surface area contributed by atoms with Crippen LogP contribution in [-0.4, -0.2) is 58.7 Å². The van der Waals surface area contributed by atoms with Gasteiger partial charge in [0.1, 0.15) is 30.3 Å². The molecule has 3 aromatic rings. The van der Waals surface area contributed by atoms with Crippen LogP contribution in [0.4, 0.5) is 0 Å². The molecule has 158 valence electrons. The SMILES string of the molecule is COc1ccc(-c2coc3c(OC4OCC(O)C(O)C4O)c(O)ccc3c2=O)cc1.